The van der Waals surface area contributed by atoms with Crippen molar-refractivity contribution >= 4 is 30.7 Å². The summed E-state index contributed by atoms with van der Waals surface area (Å²) >= 11 is 0. The Morgan fingerprint density at radius 3 is 2.71 bits per heavy atom. The maximum absolute atomic E-state index is 12.7. The standard InChI is InChI=1S/C17H22N4O.2ClH/c18-15(13-6-2-1-3-7-13)10-17(22)21-9-5-4-8-16(21)14-11-19-20-12-14;;/h1-3,6-7,11-12,15-16H,4-5,8-10,18H2,(H,19,20);2*1H. The number of rotatable bonds is 4. The van der Waals surface area contributed by atoms with E-state index in [0.717, 1.165) is 36.9 Å². The van der Waals surface area contributed by atoms with Gasteiger partial charge in [-0.05, 0) is 24.8 Å². The number of aromatic nitrogens is 2. The molecule has 5 nitrogen and oxygen atoms in total. The molecule has 1 aromatic carbocycles. The minimum absolute atomic E-state index is 0. The number of nitrogens with two attached hydrogens (primary N) is 1. The molecule has 3 rings (SSSR count). The molecule has 1 fully saturated rings. The van der Waals surface area contributed by atoms with E-state index in [4.69, 9.17) is 5.73 Å². The summed E-state index contributed by atoms with van der Waals surface area (Å²) in [4.78, 5) is 14.7. The van der Waals surface area contributed by atoms with Crippen LogP contribution in [0.15, 0.2) is 42.7 Å². The normalized spacial score (nSPS) is 18.2. The van der Waals surface area contributed by atoms with Gasteiger partial charge in [0.1, 0.15) is 0 Å². The number of benzene rings is 1. The summed E-state index contributed by atoms with van der Waals surface area (Å²) in [6, 6.07) is 9.69. The number of nitrogens with zero attached hydrogens (tertiary/aromatic N) is 2. The maximum atomic E-state index is 12.7. The summed E-state index contributed by atoms with van der Waals surface area (Å²) in [6.07, 6.45) is 7.23. The lowest BCUT2D eigenvalue weighted by atomic mass is 9.96. The zero-order valence-corrected chi connectivity index (χ0v) is 15.1. The molecule has 1 aliphatic rings. The van der Waals surface area contributed by atoms with Crippen molar-refractivity contribution in [2.24, 2.45) is 5.73 Å². The Labute approximate surface area is 154 Å². The van der Waals surface area contributed by atoms with Crippen molar-refractivity contribution in [3.63, 3.8) is 0 Å². The zero-order valence-electron chi connectivity index (χ0n) is 13.4. The minimum Gasteiger partial charge on any atom is -0.335 e. The molecule has 2 heterocycles. The Balaban J connectivity index is 0.00000144. The number of nitrogens with one attached hydrogen (secondary N) is 1. The number of carbonyl (C=O) groups is 1. The van der Waals surface area contributed by atoms with Gasteiger partial charge in [0.2, 0.25) is 5.91 Å². The highest BCUT2D eigenvalue weighted by molar-refractivity contribution is 5.85. The predicted molar refractivity (Wildman–Crippen MR) is 99.4 cm³/mol. The van der Waals surface area contributed by atoms with E-state index in [1.54, 1.807) is 0 Å². The predicted octanol–water partition coefficient (Wildman–Crippen LogP) is 3.40. The molecule has 2 aromatic rings. The Hall–Kier alpha value is -1.56. The average molecular weight is 371 g/mol. The van der Waals surface area contributed by atoms with E-state index in [1.165, 1.54) is 0 Å². The van der Waals surface area contributed by atoms with Gasteiger partial charge in [-0.25, -0.2) is 0 Å². The van der Waals surface area contributed by atoms with E-state index < -0.39 is 0 Å². The third kappa shape index (κ3) is 4.72. The fourth-order valence-electron chi connectivity index (χ4n) is 3.14. The van der Waals surface area contributed by atoms with E-state index in [2.05, 4.69) is 10.2 Å². The summed E-state index contributed by atoms with van der Waals surface area (Å²) in [5.74, 6) is 0.127. The van der Waals surface area contributed by atoms with Gasteiger partial charge in [0, 0.05) is 30.8 Å². The zero-order chi connectivity index (χ0) is 15.4. The van der Waals surface area contributed by atoms with Crippen molar-refractivity contribution < 1.29 is 4.79 Å². The van der Waals surface area contributed by atoms with Gasteiger partial charge in [0.05, 0.1) is 12.2 Å². The summed E-state index contributed by atoms with van der Waals surface area (Å²) in [6.45, 7) is 0.802. The second-order valence-corrected chi connectivity index (χ2v) is 5.85. The second kappa shape index (κ2) is 9.67. The smallest absolute Gasteiger partial charge is 0.224 e. The van der Waals surface area contributed by atoms with Gasteiger partial charge >= 0.3 is 0 Å². The summed E-state index contributed by atoms with van der Waals surface area (Å²) < 4.78 is 0. The van der Waals surface area contributed by atoms with Crippen molar-refractivity contribution in [2.45, 2.75) is 37.8 Å². The van der Waals surface area contributed by atoms with Crippen LogP contribution < -0.4 is 5.73 Å². The lowest BCUT2D eigenvalue weighted by Crippen LogP contribution is -2.39. The highest BCUT2D eigenvalue weighted by Crippen LogP contribution is 2.31. The fraction of sp³-hybridized carbons (Fsp3) is 0.412. The molecule has 0 spiro atoms. The van der Waals surface area contributed by atoms with E-state index in [9.17, 15) is 4.79 Å². The number of halogens is 2. The first-order chi connectivity index (χ1) is 10.8. The number of H-pyrrole nitrogens is 1. The van der Waals surface area contributed by atoms with Crippen molar-refractivity contribution in [2.75, 3.05) is 6.54 Å². The van der Waals surface area contributed by atoms with Crippen LogP contribution >= 0.6 is 24.8 Å². The number of aromatic amines is 1. The van der Waals surface area contributed by atoms with Crippen LogP contribution in [0.2, 0.25) is 0 Å². The molecule has 1 saturated heterocycles. The first-order valence-electron chi connectivity index (χ1n) is 7.84. The Kier molecular flexibility index (Phi) is 8.25. The molecular formula is C17H24Cl2N4O. The van der Waals surface area contributed by atoms with Gasteiger partial charge in [-0.3, -0.25) is 9.89 Å². The van der Waals surface area contributed by atoms with Crippen LogP contribution in [0.4, 0.5) is 0 Å². The van der Waals surface area contributed by atoms with Crippen LogP contribution in [0, 0.1) is 0 Å². The Morgan fingerprint density at radius 2 is 2.04 bits per heavy atom. The minimum atomic E-state index is -0.249. The van der Waals surface area contributed by atoms with Gasteiger partial charge in [-0.1, -0.05) is 30.3 Å². The third-order valence-electron chi connectivity index (χ3n) is 4.35. The van der Waals surface area contributed by atoms with Crippen LogP contribution in [0.25, 0.3) is 0 Å². The number of amides is 1. The molecule has 0 aliphatic carbocycles. The maximum Gasteiger partial charge on any atom is 0.224 e. The molecule has 0 radical (unpaired) electrons. The van der Waals surface area contributed by atoms with Crippen molar-refractivity contribution in [1.29, 1.82) is 0 Å². The lowest BCUT2D eigenvalue weighted by Gasteiger charge is -2.36. The fourth-order valence-corrected chi connectivity index (χ4v) is 3.14. The van der Waals surface area contributed by atoms with Crippen molar-refractivity contribution in [1.82, 2.24) is 15.1 Å². The van der Waals surface area contributed by atoms with Crippen molar-refractivity contribution in [3.8, 4) is 0 Å². The first kappa shape index (κ1) is 20.5. The molecule has 132 valence electrons. The monoisotopic (exact) mass is 370 g/mol. The second-order valence-electron chi connectivity index (χ2n) is 5.85. The summed E-state index contributed by atoms with van der Waals surface area (Å²) in [7, 11) is 0. The average Bonchev–Trinajstić information content (AvgIpc) is 3.10. The topological polar surface area (TPSA) is 75.0 Å². The number of piperidine rings is 1. The van der Waals surface area contributed by atoms with Crippen LogP contribution in [-0.4, -0.2) is 27.5 Å². The largest absolute Gasteiger partial charge is 0.335 e. The molecule has 0 saturated carbocycles. The molecular weight excluding hydrogens is 347 g/mol. The van der Waals surface area contributed by atoms with Gasteiger partial charge in [-0.2, -0.15) is 5.10 Å². The third-order valence-corrected chi connectivity index (χ3v) is 4.35. The Morgan fingerprint density at radius 1 is 1.29 bits per heavy atom. The summed E-state index contributed by atoms with van der Waals surface area (Å²) in [5.41, 5.74) is 8.29. The molecule has 3 N–H and O–H groups in total. The quantitative estimate of drug-likeness (QED) is 0.865. The lowest BCUT2D eigenvalue weighted by molar-refractivity contribution is -0.135. The molecule has 0 bridgehead atoms. The highest BCUT2D eigenvalue weighted by Gasteiger charge is 2.29. The van der Waals surface area contributed by atoms with E-state index in [1.807, 2.05) is 47.6 Å². The van der Waals surface area contributed by atoms with Crippen LogP contribution in [0.5, 0.6) is 0 Å². The molecule has 24 heavy (non-hydrogen) atoms. The number of likely N-dealkylation sites (tertiary alicyclic amines) is 1. The molecule has 1 aromatic heterocycles. The van der Waals surface area contributed by atoms with Crippen LogP contribution in [0.1, 0.15) is 48.9 Å². The molecule has 1 amide bonds. The van der Waals surface area contributed by atoms with Gasteiger partial charge in [0.15, 0.2) is 0 Å². The van der Waals surface area contributed by atoms with Crippen molar-refractivity contribution in [3.05, 3.63) is 53.9 Å². The van der Waals surface area contributed by atoms with Crippen LogP contribution in [-0.2, 0) is 4.79 Å². The van der Waals surface area contributed by atoms with Gasteiger partial charge in [0.25, 0.3) is 0 Å². The molecule has 2 unspecified atom stereocenters. The molecule has 2 atom stereocenters. The highest BCUT2D eigenvalue weighted by atomic mass is 35.5. The number of hydrogen-bond acceptors (Lipinski definition) is 3. The number of hydrogen-bond donors (Lipinski definition) is 2. The van der Waals surface area contributed by atoms with Gasteiger partial charge < -0.3 is 10.6 Å². The van der Waals surface area contributed by atoms with E-state index in [-0.39, 0.29) is 42.8 Å². The molecule has 7 heteroatoms. The molecule has 1 aliphatic heterocycles. The number of carbonyl (C=O) groups excluding carboxylic acids is 1. The van der Waals surface area contributed by atoms with Crippen LogP contribution in [0.3, 0.4) is 0 Å². The van der Waals surface area contributed by atoms with Gasteiger partial charge in [-0.15, -0.1) is 24.8 Å². The van der Waals surface area contributed by atoms with E-state index >= 15 is 0 Å². The SMILES string of the molecule is Cl.Cl.NC(CC(=O)N1CCCCC1c1cn[nH]c1)c1ccccc1. The Bertz CT molecular complexity index is 606. The van der Waals surface area contributed by atoms with E-state index in [0.29, 0.717) is 6.42 Å². The first-order valence-corrected chi connectivity index (χ1v) is 7.84. The summed E-state index contributed by atoms with van der Waals surface area (Å²) in [5, 5.41) is 6.85.